The number of nitrogens with one attached hydrogen (secondary N) is 1. The smallest absolute Gasteiger partial charge is 0.151 e. The third-order valence-electron chi connectivity index (χ3n) is 4.04. The molecule has 118 valence electrons. The molecule has 0 aromatic heterocycles. The Bertz CT molecular complexity index is 563. The van der Waals surface area contributed by atoms with Gasteiger partial charge in [0.25, 0.3) is 0 Å². The van der Waals surface area contributed by atoms with Crippen LogP contribution >= 0.6 is 0 Å². The highest BCUT2D eigenvalue weighted by Crippen LogP contribution is 2.29. The van der Waals surface area contributed by atoms with Crippen molar-refractivity contribution in [2.24, 2.45) is 5.92 Å². The molecule has 0 atom stereocenters. The highest BCUT2D eigenvalue weighted by atomic mass is 32.2. The Hall–Kier alpha value is -1.23. The van der Waals surface area contributed by atoms with Crippen LogP contribution in [0.25, 0.3) is 0 Å². The fraction of sp³-hybridized carbons (Fsp3) is 0.625. The van der Waals surface area contributed by atoms with Crippen LogP contribution in [0.2, 0.25) is 0 Å². The lowest BCUT2D eigenvalue weighted by atomic mass is 10.0. The van der Waals surface area contributed by atoms with Gasteiger partial charge in [-0.3, -0.25) is 0 Å². The van der Waals surface area contributed by atoms with E-state index in [-0.39, 0.29) is 5.75 Å². The molecule has 4 nitrogen and oxygen atoms in total. The number of sulfone groups is 1. The first-order valence-electron chi connectivity index (χ1n) is 7.56. The molecule has 1 aromatic rings. The first kappa shape index (κ1) is 16.1. The number of hydrogen-bond acceptors (Lipinski definition) is 4. The highest BCUT2D eigenvalue weighted by molar-refractivity contribution is 7.89. The molecule has 0 amide bonds. The lowest BCUT2D eigenvalue weighted by Crippen LogP contribution is -2.08. The quantitative estimate of drug-likeness (QED) is 0.840. The number of benzene rings is 1. The van der Waals surface area contributed by atoms with Crippen molar-refractivity contribution in [2.45, 2.75) is 37.9 Å². The lowest BCUT2D eigenvalue weighted by molar-refractivity contribution is 0.415. The maximum Gasteiger partial charge on any atom is 0.151 e. The van der Waals surface area contributed by atoms with E-state index >= 15 is 0 Å². The molecule has 1 saturated carbocycles. The average Bonchev–Trinajstić information content (AvgIpc) is 2.91. The fourth-order valence-corrected chi connectivity index (χ4v) is 3.77. The molecule has 0 spiro atoms. The summed E-state index contributed by atoms with van der Waals surface area (Å²) in [7, 11) is -1.41. The lowest BCUT2D eigenvalue weighted by Gasteiger charge is -2.14. The number of anilines is 1. The van der Waals surface area contributed by atoms with Crippen LogP contribution < -0.4 is 10.1 Å². The van der Waals surface area contributed by atoms with Crippen LogP contribution in [0.1, 0.15) is 37.7 Å². The minimum absolute atomic E-state index is 0.0473. The van der Waals surface area contributed by atoms with Crippen molar-refractivity contribution in [2.75, 3.05) is 25.2 Å². The van der Waals surface area contributed by atoms with Gasteiger partial charge in [0, 0.05) is 12.8 Å². The molecule has 1 N–H and O–H groups in total. The van der Waals surface area contributed by atoms with E-state index < -0.39 is 9.84 Å². The van der Waals surface area contributed by atoms with E-state index in [1.54, 1.807) is 13.2 Å². The average molecular weight is 311 g/mol. The molecule has 2 rings (SSSR count). The number of ether oxygens (including phenoxy) is 1. The first-order valence-corrected chi connectivity index (χ1v) is 9.62. The molecule has 1 fully saturated rings. The van der Waals surface area contributed by atoms with Gasteiger partial charge in [-0.2, -0.15) is 0 Å². The van der Waals surface area contributed by atoms with Crippen molar-refractivity contribution < 1.29 is 13.2 Å². The molecule has 0 heterocycles. The van der Waals surface area contributed by atoms with E-state index in [0.717, 1.165) is 23.7 Å². The Balaban J connectivity index is 1.95. The van der Waals surface area contributed by atoms with Crippen LogP contribution in [0.5, 0.6) is 5.75 Å². The Morgan fingerprint density at radius 3 is 2.62 bits per heavy atom. The highest BCUT2D eigenvalue weighted by Gasteiger charge is 2.14. The first-order chi connectivity index (χ1) is 9.98. The molecule has 0 aliphatic heterocycles. The summed E-state index contributed by atoms with van der Waals surface area (Å²) in [5.74, 6) is 1.61. The zero-order chi connectivity index (χ0) is 15.3. The van der Waals surface area contributed by atoms with Crippen LogP contribution in [-0.4, -0.2) is 28.3 Å². The van der Waals surface area contributed by atoms with Crippen molar-refractivity contribution in [3.8, 4) is 5.75 Å². The third-order valence-corrected chi connectivity index (χ3v) is 4.90. The van der Waals surface area contributed by atoms with E-state index in [4.69, 9.17) is 4.74 Å². The summed E-state index contributed by atoms with van der Waals surface area (Å²) in [6.45, 7) is 0.937. The number of methoxy groups -OCH3 is 1. The van der Waals surface area contributed by atoms with Gasteiger partial charge in [-0.25, -0.2) is 8.42 Å². The molecule has 0 bridgehead atoms. The second-order valence-corrected chi connectivity index (χ2v) is 8.11. The normalized spacial score (nSPS) is 16.1. The molecule has 1 aliphatic carbocycles. The van der Waals surface area contributed by atoms with Crippen molar-refractivity contribution in [1.29, 1.82) is 0 Å². The second-order valence-electron chi connectivity index (χ2n) is 5.97. The Kier molecular flexibility index (Phi) is 5.51. The van der Waals surface area contributed by atoms with E-state index in [0.29, 0.717) is 5.75 Å². The number of rotatable bonds is 7. The van der Waals surface area contributed by atoms with Crippen LogP contribution in [-0.2, 0) is 15.6 Å². The van der Waals surface area contributed by atoms with Gasteiger partial charge < -0.3 is 10.1 Å². The molecule has 0 saturated heterocycles. The SMILES string of the molecule is COc1cc(CS(C)(=O)=O)ccc1NCCC1CCCC1. The van der Waals surface area contributed by atoms with Gasteiger partial charge >= 0.3 is 0 Å². The number of hydrogen-bond donors (Lipinski definition) is 1. The van der Waals surface area contributed by atoms with E-state index in [1.165, 1.54) is 38.4 Å². The molecular formula is C16H25NO3S. The van der Waals surface area contributed by atoms with Crippen molar-refractivity contribution >= 4 is 15.5 Å². The topological polar surface area (TPSA) is 55.4 Å². The van der Waals surface area contributed by atoms with Crippen LogP contribution in [0.3, 0.4) is 0 Å². The summed E-state index contributed by atoms with van der Waals surface area (Å²) in [5.41, 5.74) is 1.70. The zero-order valence-electron chi connectivity index (χ0n) is 12.9. The van der Waals surface area contributed by atoms with Crippen molar-refractivity contribution in [3.05, 3.63) is 23.8 Å². The van der Waals surface area contributed by atoms with Gasteiger partial charge in [-0.15, -0.1) is 0 Å². The fourth-order valence-electron chi connectivity index (χ4n) is 2.98. The molecule has 21 heavy (non-hydrogen) atoms. The minimum atomic E-state index is -3.02. The van der Waals surface area contributed by atoms with E-state index in [2.05, 4.69) is 5.32 Å². The van der Waals surface area contributed by atoms with Gasteiger partial charge in [-0.05, 0) is 30.0 Å². The third kappa shape index (κ3) is 5.23. The monoisotopic (exact) mass is 311 g/mol. The van der Waals surface area contributed by atoms with E-state index in [1.807, 2.05) is 12.1 Å². The molecule has 1 aliphatic rings. The molecular weight excluding hydrogens is 286 g/mol. The van der Waals surface area contributed by atoms with Crippen LogP contribution in [0.15, 0.2) is 18.2 Å². The van der Waals surface area contributed by atoms with Gasteiger partial charge in [0.1, 0.15) is 5.75 Å². The maximum atomic E-state index is 11.3. The Morgan fingerprint density at radius 2 is 2.00 bits per heavy atom. The van der Waals surface area contributed by atoms with E-state index in [9.17, 15) is 8.42 Å². The standard InChI is InChI=1S/C16H25NO3S/c1-20-16-11-14(12-21(2,18)19)7-8-15(16)17-10-9-13-5-3-4-6-13/h7-8,11,13,17H,3-6,9-10,12H2,1-2H3. The summed E-state index contributed by atoms with van der Waals surface area (Å²) in [5, 5.41) is 3.41. The Morgan fingerprint density at radius 1 is 1.29 bits per heavy atom. The van der Waals surface area contributed by atoms with Crippen LogP contribution in [0, 0.1) is 5.92 Å². The maximum absolute atomic E-state index is 11.3. The van der Waals surface area contributed by atoms with Crippen molar-refractivity contribution in [1.82, 2.24) is 0 Å². The molecule has 0 unspecified atom stereocenters. The summed E-state index contributed by atoms with van der Waals surface area (Å²) < 4.78 is 28.1. The Labute approximate surface area is 127 Å². The van der Waals surface area contributed by atoms with Gasteiger partial charge in [-0.1, -0.05) is 31.7 Å². The van der Waals surface area contributed by atoms with Gasteiger partial charge in [0.2, 0.25) is 0 Å². The minimum Gasteiger partial charge on any atom is -0.495 e. The van der Waals surface area contributed by atoms with Crippen LogP contribution in [0.4, 0.5) is 5.69 Å². The summed E-state index contributed by atoms with van der Waals surface area (Å²) >= 11 is 0. The van der Waals surface area contributed by atoms with Gasteiger partial charge in [0.05, 0.1) is 18.6 Å². The molecule has 0 radical (unpaired) electrons. The predicted octanol–water partition coefficient (Wildman–Crippen LogP) is 3.23. The second kappa shape index (κ2) is 7.16. The zero-order valence-corrected chi connectivity index (χ0v) is 13.7. The summed E-state index contributed by atoms with van der Waals surface area (Å²) in [6.07, 6.45) is 7.88. The van der Waals surface area contributed by atoms with Crippen molar-refractivity contribution in [3.63, 3.8) is 0 Å². The van der Waals surface area contributed by atoms with Gasteiger partial charge in [0.15, 0.2) is 9.84 Å². The molecule has 1 aromatic carbocycles. The largest absolute Gasteiger partial charge is 0.495 e. The summed E-state index contributed by atoms with van der Waals surface area (Å²) in [4.78, 5) is 0. The summed E-state index contributed by atoms with van der Waals surface area (Å²) in [6, 6.07) is 5.56. The molecule has 5 heteroatoms. The predicted molar refractivity (Wildman–Crippen MR) is 86.6 cm³/mol.